The number of nitrogens with one attached hydrogen (secondary N) is 1. The normalized spacial score (nSPS) is 10.2. The minimum Gasteiger partial charge on any atom is -0.325 e. The molecule has 0 aliphatic carbocycles. The summed E-state index contributed by atoms with van der Waals surface area (Å²) in [5, 5.41) is 0. The summed E-state index contributed by atoms with van der Waals surface area (Å²) in [6.07, 6.45) is 3.07. The highest BCUT2D eigenvalue weighted by molar-refractivity contribution is 8.00. The summed E-state index contributed by atoms with van der Waals surface area (Å²) < 4.78 is 3.37. The molecule has 0 unspecified atom stereocenters. The minimum absolute atomic E-state index is 0.702. The van der Waals surface area contributed by atoms with Crippen LogP contribution in [0.25, 0.3) is 0 Å². The lowest BCUT2D eigenvalue weighted by Gasteiger charge is -2.10. The van der Waals surface area contributed by atoms with Gasteiger partial charge in [0.2, 0.25) is 0 Å². The van der Waals surface area contributed by atoms with Crippen molar-refractivity contribution in [3.8, 4) is 0 Å². The summed E-state index contributed by atoms with van der Waals surface area (Å²) in [6, 6.07) is 15.9. The average molecular weight is 271 g/mol. The lowest BCUT2D eigenvalue weighted by Crippen LogP contribution is -1.93. The molecule has 98 valence electrons. The number of hydrogen-bond donors (Lipinski definition) is 1. The molecule has 2 aromatic carbocycles. The van der Waals surface area contributed by atoms with Crippen molar-refractivity contribution in [3.05, 3.63) is 59.7 Å². The second-order valence-corrected chi connectivity index (χ2v) is 5.18. The van der Waals surface area contributed by atoms with Crippen molar-refractivity contribution >= 4 is 23.9 Å². The van der Waals surface area contributed by atoms with Crippen molar-refractivity contribution in [1.82, 2.24) is 0 Å². The molecule has 0 saturated carbocycles. The zero-order valence-corrected chi connectivity index (χ0v) is 11.7. The van der Waals surface area contributed by atoms with Crippen LogP contribution in [-0.2, 0) is 6.42 Å². The summed E-state index contributed by atoms with van der Waals surface area (Å²) in [7, 11) is 0. The first-order chi connectivity index (χ1) is 9.33. The number of rotatable bonds is 6. The largest absolute Gasteiger partial charge is 0.325 e. The number of carbonyl (C=O) groups excluding carboxylic acids is 1. The molecule has 0 bridgehead atoms. The molecule has 2 aromatic rings. The predicted molar refractivity (Wildman–Crippen MR) is 81.7 cm³/mol. The molecule has 3 heteroatoms. The maximum absolute atomic E-state index is 10.7. The Bertz CT molecular complexity index is 554. The minimum atomic E-state index is 0.702. The molecule has 0 atom stereocenters. The number of aldehydes is 1. The van der Waals surface area contributed by atoms with Crippen molar-refractivity contribution in [2.45, 2.75) is 24.7 Å². The van der Waals surface area contributed by atoms with E-state index in [4.69, 9.17) is 0 Å². The second kappa shape index (κ2) is 7.00. The van der Waals surface area contributed by atoms with Gasteiger partial charge in [-0.3, -0.25) is 4.79 Å². The van der Waals surface area contributed by atoms with Crippen LogP contribution in [0.15, 0.2) is 53.4 Å². The van der Waals surface area contributed by atoms with E-state index in [0.717, 1.165) is 29.7 Å². The summed E-state index contributed by atoms with van der Waals surface area (Å²) in [5.74, 6) is 0. The van der Waals surface area contributed by atoms with Crippen LogP contribution in [0, 0.1) is 0 Å². The number of aryl methyl sites for hydroxylation is 1. The molecule has 0 spiro atoms. The number of hydrogen-bond acceptors (Lipinski definition) is 3. The molecule has 0 saturated heterocycles. The van der Waals surface area contributed by atoms with Crippen LogP contribution in [-0.4, -0.2) is 6.29 Å². The molecule has 19 heavy (non-hydrogen) atoms. The fourth-order valence-corrected chi connectivity index (χ4v) is 2.64. The summed E-state index contributed by atoms with van der Waals surface area (Å²) in [4.78, 5) is 11.8. The van der Waals surface area contributed by atoms with Crippen molar-refractivity contribution in [1.29, 1.82) is 0 Å². The lowest BCUT2D eigenvalue weighted by molar-refractivity contribution is 0.112. The van der Waals surface area contributed by atoms with Gasteiger partial charge >= 0.3 is 0 Å². The lowest BCUT2D eigenvalue weighted by atomic mass is 10.1. The number of benzene rings is 2. The Morgan fingerprint density at radius 2 is 2.00 bits per heavy atom. The predicted octanol–water partition coefficient (Wildman–Crippen LogP) is 4.57. The highest BCUT2D eigenvalue weighted by Gasteiger charge is 2.01. The van der Waals surface area contributed by atoms with E-state index in [1.54, 1.807) is 0 Å². The topological polar surface area (TPSA) is 29.1 Å². The average Bonchev–Trinajstić information content (AvgIpc) is 2.47. The van der Waals surface area contributed by atoms with Gasteiger partial charge in [-0.1, -0.05) is 43.7 Å². The molecule has 0 aliphatic rings. The van der Waals surface area contributed by atoms with Crippen molar-refractivity contribution in [2.75, 3.05) is 4.72 Å². The Labute approximate surface area is 118 Å². The van der Waals surface area contributed by atoms with Crippen molar-refractivity contribution < 1.29 is 4.79 Å². The van der Waals surface area contributed by atoms with Gasteiger partial charge in [0.25, 0.3) is 0 Å². The summed E-state index contributed by atoms with van der Waals surface area (Å²) >= 11 is 1.53. The SMILES string of the molecule is CCCc1ccccc1NSc1cccc(C=O)c1. The summed E-state index contributed by atoms with van der Waals surface area (Å²) in [5.41, 5.74) is 3.17. The van der Waals surface area contributed by atoms with E-state index < -0.39 is 0 Å². The van der Waals surface area contributed by atoms with Gasteiger partial charge in [0.15, 0.2) is 0 Å². The maximum Gasteiger partial charge on any atom is 0.150 e. The third-order valence-electron chi connectivity index (χ3n) is 2.81. The Balaban J connectivity index is 2.07. The monoisotopic (exact) mass is 271 g/mol. The second-order valence-electron chi connectivity index (χ2n) is 4.30. The summed E-state index contributed by atoms with van der Waals surface area (Å²) in [6.45, 7) is 2.18. The Morgan fingerprint density at radius 3 is 2.79 bits per heavy atom. The van der Waals surface area contributed by atoms with Crippen LogP contribution >= 0.6 is 11.9 Å². The molecular formula is C16H17NOS. The van der Waals surface area contributed by atoms with E-state index in [1.165, 1.54) is 17.5 Å². The van der Waals surface area contributed by atoms with Crippen molar-refractivity contribution in [3.63, 3.8) is 0 Å². The standard InChI is InChI=1S/C16H17NOS/c1-2-6-14-8-3-4-10-16(14)17-19-15-9-5-7-13(11-15)12-18/h3-5,7-12,17H,2,6H2,1H3. The highest BCUT2D eigenvalue weighted by atomic mass is 32.2. The maximum atomic E-state index is 10.7. The first kappa shape index (κ1) is 13.7. The first-order valence-electron chi connectivity index (χ1n) is 6.39. The number of para-hydroxylation sites is 1. The van der Waals surface area contributed by atoms with Crippen LogP contribution in [0.3, 0.4) is 0 Å². The quantitative estimate of drug-likeness (QED) is 0.616. The zero-order valence-electron chi connectivity index (χ0n) is 10.9. The van der Waals surface area contributed by atoms with Crippen LogP contribution in [0.1, 0.15) is 29.3 Å². The third-order valence-corrected chi connectivity index (χ3v) is 3.62. The van der Waals surface area contributed by atoms with Crippen LogP contribution < -0.4 is 4.72 Å². The fraction of sp³-hybridized carbons (Fsp3) is 0.188. The van der Waals surface area contributed by atoms with E-state index in [-0.39, 0.29) is 0 Å². The van der Waals surface area contributed by atoms with Gasteiger partial charge in [-0.25, -0.2) is 0 Å². The molecule has 0 radical (unpaired) electrons. The molecule has 0 amide bonds. The van der Waals surface area contributed by atoms with E-state index >= 15 is 0 Å². The molecule has 2 rings (SSSR count). The molecule has 0 aliphatic heterocycles. The van der Waals surface area contributed by atoms with E-state index in [2.05, 4.69) is 29.8 Å². The molecule has 1 N–H and O–H groups in total. The van der Waals surface area contributed by atoms with Crippen LogP contribution in [0.4, 0.5) is 5.69 Å². The van der Waals surface area contributed by atoms with Gasteiger partial charge in [-0.2, -0.15) is 0 Å². The van der Waals surface area contributed by atoms with Crippen molar-refractivity contribution in [2.24, 2.45) is 0 Å². The molecular weight excluding hydrogens is 254 g/mol. The van der Waals surface area contributed by atoms with Gasteiger partial charge in [0, 0.05) is 16.1 Å². The molecule has 2 nitrogen and oxygen atoms in total. The first-order valence-corrected chi connectivity index (χ1v) is 7.21. The number of anilines is 1. The Kier molecular flexibility index (Phi) is 5.04. The smallest absolute Gasteiger partial charge is 0.150 e. The van der Waals surface area contributed by atoms with Crippen LogP contribution in [0.2, 0.25) is 0 Å². The third kappa shape index (κ3) is 3.86. The molecule has 0 fully saturated rings. The Morgan fingerprint density at radius 1 is 1.16 bits per heavy atom. The molecule has 0 heterocycles. The van der Waals surface area contributed by atoms with Gasteiger partial charge < -0.3 is 4.72 Å². The van der Waals surface area contributed by atoms with E-state index in [9.17, 15) is 4.79 Å². The Hall–Kier alpha value is -1.74. The number of carbonyl (C=O) groups is 1. The van der Waals surface area contributed by atoms with Gasteiger partial charge in [0.1, 0.15) is 6.29 Å². The van der Waals surface area contributed by atoms with E-state index in [0.29, 0.717) is 5.56 Å². The van der Waals surface area contributed by atoms with Gasteiger partial charge in [-0.15, -0.1) is 0 Å². The highest BCUT2D eigenvalue weighted by Crippen LogP contribution is 2.25. The van der Waals surface area contributed by atoms with Crippen LogP contribution in [0.5, 0.6) is 0 Å². The zero-order chi connectivity index (χ0) is 13.5. The van der Waals surface area contributed by atoms with Gasteiger partial charge in [0.05, 0.1) is 0 Å². The van der Waals surface area contributed by atoms with E-state index in [1.807, 2.05) is 30.3 Å². The molecule has 0 aromatic heterocycles. The fourth-order valence-electron chi connectivity index (χ4n) is 1.87. The van der Waals surface area contributed by atoms with Gasteiger partial charge in [-0.05, 0) is 42.1 Å².